The van der Waals surface area contributed by atoms with Gasteiger partial charge < -0.3 is 15.0 Å². The molecular weight excluding hydrogens is 354 g/mol. The van der Waals surface area contributed by atoms with Gasteiger partial charge in [-0.25, -0.2) is 13.4 Å². The molecule has 1 unspecified atom stereocenters. The fraction of sp³-hybridized carbons (Fsp3) is 0.333. The van der Waals surface area contributed by atoms with E-state index in [9.17, 15) is 13.2 Å². The van der Waals surface area contributed by atoms with Crippen molar-refractivity contribution in [2.24, 2.45) is 0 Å². The molecule has 2 heterocycles. The minimum absolute atomic E-state index is 0.0627. The number of nitrogens with one attached hydrogen (secondary N) is 1. The number of carbonyl (C=O) groups excluding carboxylic acids is 1. The Labute approximate surface area is 152 Å². The van der Waals surface area contributed by atoms with E-state index in [-0.39, 0.29) is 23.5 Å². The number of ether oxygens (including phenoxy) is 1. The molecule has 1 aliphatic rings. The van der Waals surface area contributed by atoms with Gasteiger partial charge in [0.2, 0.25) is 0 Å². The quantitative estimate of drug-likeness (QED) is 0.859. The second kappa shape index (κ2) is 7.33. The van der Waals surface area contributed by atoms with E-state index in [0.717, 1.165) is 0 Å². The Morgan fingerprint density at radius 1 is 1.23 bits per heavy atom. The summed E-state index contributed by atoms with van der Waals surface area (Å²) >= 11 is 0. The van der Waals surface area contributed by atoms with Crippen LogP contribution in [0.3, 0.4) is 0 Å². The van der Waals surface area contributed by atoms with E-state index >= 15 is 0 Å². The van der Waals surface area contributed by atoms with Gasteiger partial charge in [-0.2, -0.15) is 0 Å². The van der Waals surface area contributed by atoms with Crippen LogP contribution in [0.5, 0.6) is 5.75 Å². The van der Waals surface area contributed by atoms with E-state index < -0.39 is 9.84 Å². The minimum atomic E-state index is -2.94. The van der Waals surface area contributed by atoms with E-state index in [1.165, 1.54) is 0 Å². The Balaban J connectivity index is 1.64. The molecule has 1 N–H and O–H groups in total. The van der Waals surface area contributed by atoms with E-state index in [1.54, 1.807) is 49.7 Å². The monoisotopic (exact) mass is 375 g/mol. The van der Waals surface area contributed by atoms with Crippen LogP contribution in [0.15, 0.2) is 42.6 Å². The second-order valence-electron chi connectivity index (χ2n) is 6.26. The van der Waals surface area contributed by atoms with Gasteiger partial charge >= 0.3 is 0 Å². The van der Waals surface area contributed by atoms with Crippen LogP contribution in [0.25, 0.3) is 0 Å². The molecule has 1 aliphatic heterocycles. The molecular formula is C18H21N3O4S. The second-order valence-corrected chi connectivity index (χ2v) is 8.48. The lowest BCUT2D eigenvalue weighted by Crippen LogP contribution is -2.33. The normalized spacial score (nSPS) is 18.3. The third-order valence-electron chi connectivity index (χ3n) is 4.48. The van der Waals surface area contributed by atoms with E-state index in [2.05, 4.69) is 10.3 Å². The van der Waals surface area contributed by atoms with Crippen LogP contribution in [-0.2, 0) is 9.84 Å². The molecule has 138 valence electrons. The summed E-state index contributed by atoms with van der Waals surface area (Å²) in [5.41, 5.74) is 1.09. The van der Waals surface area contributed by atoms with Crippen molar-refractivity contribution in [2.75, 3.05) is 35.9 Å². The predicted octanol–water partition coefficient (Wildman–Crippen LogP) is 1.97. The smallest absolute Gasteiger partial charge is 0.255 e. The topological polar surface area (TPSA) is 88.6 Å². The maximum atomic E-state index is 12.3. The molecule has 2 aromatic rings. The molecule has 0 spiro atoms. The number of amides is 1. The minimum Gasteiger partial charge on any atom is -0.497 e. The Morgan fingerprint density at radius 2 is 1.96 bits per heavy atom. The number of hydrogen-bond acceptors (Lipinski definition) is 6. The number of methoxy groups -OCH3 is 1. The fourth-order valence-electron chi connectivity index (χ4n) is 2.88. The molecule has 0 radical (unpaired) electrons. The molecule has 0 aliphatic carbocycles. The molecule has 8 heteroatoms. The molecule has 7 nitrogen and oxygen atoms in total. The highest BCUT2D eigenvalue weighted by molar-refractivity contribution is 7.91. The van der Waals surface area contributed by atoms with Gasteiger partial charge in [-0.1, -0.05) is 0 Å². The number of benzene rings is 1. The Bertz CT molecular complexity index is 880. The standard InChI is InChI=1S/C18H21N3O4S/c1-21(15-9-10-26(23,24)12-15)17-8-5-14(11-19-17)20-18(22)13-3-6-16(25-2)7-4-13/h3-8,11,15H,9-10,12H2,1-2H3,(H,20,22). The zero-order chi connectivity index (χ0) is 18.7. The van der Waals surface area contributed by atoms with Crippen molar-refractivity contribution in [1.29, 1.82) is 0 Å². The van der Waals surface area contributed by atoms with Gasteiger partial charge in [0.25, 0.3) is 5.91 Å². The van der Waals surface area contributed by atoms with Gasteiger partial charge in [-0.15, -0.1) is 0 Å². The SMILES string of the molecule is COc1ccc(C(=O)Nc2ccc(N(C)C3CCS(=O)(=O)C3)nc2)cc1. The van der Waals surface area contributed by atoms with E-state index in [4.69, 9.17) is 4.74 Å². The van der Waals surface area contributed by atoms with Crippen LogP contribution in [0.4, 0.5) is 11.5 Å². The first-order valence-electron chi connectivity index (χ1n) is 8.23. The van der Waals surface area contributed by atoms with Crippen LogP contribution in [0.2, 0.25) is 0 Å². The average molecular weight is 375 g/mol. The van der Waals surface area contributed by atoms with Crippen LogP contribution >= 0.6 is 0 Å². The van der Waals surface area contributed by atoms with Gasteiger partial charge in [0.05, 0.1) is 30.5 Å². The predicted molar refractivity (Wildman–Crippen MR) is 101 cm³/mol. The number of nitrogens with zero attached hydrogens (tertiary/aromatic N) is 2. The molecule has 1 fully saturated rings. The molecule has 1 saturated heterocycles. The van der Waals surface area contributed by atoms with Crippen molar-refractivity contribution in [1.82, 2.24) is 4.98 Å². The summed E-state index contributed by atoms with van der Waals surface area (Å²) in [6, 6.07) is 10.3. The molecule has 1 amide bonds. The van der Waals surface area contributed by atoms with Crippen molar-refractivity contribution >= 4 is 27.2 Å². The van der Waals surface area contributed by atoms with Crippen molar-refractivity contribution < 1.29 is 17.9 Å². The van der Waals surface area contributed by atoms with Gasteiger partial charge in [0.1, 0.15) is 11.6 Å². The lowest BCUT2D eigenvalue weighted by atomic mass is 10.2. The summed E-state index contributed by atoms with van der Waals surface area (Å²) in [5.74, 6) is 1.50. The Hall–Kier alpha value is -2.61. The molecule has 1 aromatic carbocycles. The summed E-state index contributed by atoms with van der Waals surface area (Å²) in [4.78, 5) is 18.5. The fourth-order valence-corrected chi connectivity index (χ4v) is 4.66. The molecule has 0 bridgehead atoms. The lowest BCUT2D eigenvalue weighted by Gasteiger charge is -2.24. The third kappa shape index (κ3) is 4.13. The van der Waals surface area contributed by atoms with Crippen molar-refractivity contribution in [3.8, 4) is 5.75 Å². The number of sulfone groups is 1. The number of carbonyl (C=O) groups is 1. The molecule has 0 saturated carbocycles. The maximum Gasteiger partial charge on any atom is 0.255 e. The average Bonchev–Trinajstić information content (AvgIpc) is 3.01. The van der Waals surface area contributed by atoms with Crippen LogP contribution in [0, 0.1) is 0 Å². The highest BCUT2D eigenvalue weighted by Gasteiger charge is 2.31. The molecule has 1 aromatic heterocycles. The van der Waals surface area contributed by atoms with E-state index in [1.807, 2.05) is 11.9 Å². The van der Waals surface area contributed by atoms with E-state index in [0.29, 0.717) is 29.2 Å². The zero-order valence-corrected chi connectivity index (χ0v) is 15.5. The molecule has 26 heavy (non-hydrogen) atoms. The highest BCUT2D eigenvalue weighted by atomic mass is 32.2. The Kier molecular flexibility index (Phi) is 5.13. The number of anilines is 2. The maximum absolute atomic E-state index is 12.3. The van der Waals surface area contributed by atoms with Gasteiger partial charge in [-0.05, 0) is 42.8 Å². The first-order chi connectivity index (χ1) is 12.4. The molecule has 1 atom stereocenters. The number of hydrogen-bond donors (Lipinski definition) is 1. The summed E-state index contributed by atoms with van der Waals surface area (Å²) in [7, 11) is 0.463. The number of pyridine rings is 1. The summed E-state index contributed by atoms with van der Waals surface area (Å²) in [6.45, 7) is 0. The van der Waals surface area contributed by atoms with Crippen LogP contribution in [-0.4, -0.2) is 51.0 Å². The summed E-state index contributed by atoms with van der Waals surface area (Å²) < 4.78 is 28.3. The number of aromatic nitrogens is 1. The third-order valence-corrected chi connectivity index (χ3v) is 6.23. The largest absolute Gasteiger partial charge is 0.497 e. The van der Waals surface area contributed by atoms with Crippen LogP contribution < -0.4 is 15.0 Å². The Morgan fingerprint density at radius 3 is 2.50 bits per heavy atom. The summed E-state index contributed by atoms with van der Waals surface area (Å²) in [6.07, 6.45) is 2.17. The zero-order valence-electron chi connectivity index (χ0n) is 14.7. The van der Waals surface area contributed by atoms with Crippen molar-refractivity contribution in [3.63, 3.8) is 0 Å². The molecule has 3 rings (SSSR count). The number of rotatable bonds is 5. The lowest BCUT2D eigenvalue weighted by molar-refractivity contribution is 0.102. The highest BCUT2D eigenvalue weighted by Crippen LogP contribution is 2.22. The van der Waals surface area contributed by atoms with Gasteiger partial charge in [-0.3, -0.25) is 4.79 Å². The summed E-state index contributed by atoms with van der Waals surface area (Å²) in [5, 5.41) is 2.79. The van der Waals surface area contributed by atoms with Gasteiger partial charge in [0, 0.05) is 18.7 Å². The first kappa shape index (κ1) is 18.2. The van der Waals surface area contributed by atoms with Gasteiger partial charge in [0.15, 0.2) is 9.84 Å². The van der Waals surface area contributed by atoms with Crippen LogP contribution in [0.1, 0.15) is 16.8 Å². The first-order valence-corrected chi connectivity index (χ1v) is 10.0. The van der Waals surface area contributed by atoms with Crippen molar-refractivity contribution in [3.05, 3.63) is 48.2 Å². The van der Waals surface area contributed by atoms with Crippen molar-refractivity contribution in [2.45, 2.75) is 12.5 Å².